The number of primary amides is 1. The molecule has 3 atom stereocenters. The number of carbonyl (C=O) groups excluding carboxylic acids is 4. The van der Waals surface area contributed by atoms with Crippen LogP contribution in [0.3, 0.4) is 0 Å². The molecule has 0 spiro atoms. The molecule has 0 saturated heterocycles. The highest BCUT2D eigenvalue weighted by Crippen LogP contribution is 2.11. The molecule has 0 aliphatic rings. The molecule has 0 radical (unpaired) electrons. The summed E-state index contributed by atoms with van der Waals surface area (Å²) in [5, 5.41) is 25.5. The van der Waals surface area contributed by atoms with Gasteiger partial charge < -0.3 is 37.6 Å². The highest BCUT2D eigenvalue weighted by atomic mass is 32.1. The molecule has 0 aliphatic carbocycles. The minimum absolute atomic E-state index is 0.00985. The third-order valence-electron chi connectivity index (χ3n) is 4.05. The molecule has 0 bridgehead atoms. The number of phenols is 1. The maximum Gasteiger partial charge on any atom is 0.326 e. The van der Waals surface area contributed by atoms with Gasteiger partial charge in [0, 0.05) is 12.2 Å². The van der Waals surface area contributed by atoms with Gasteiger partial charge in [0.2, 0.25) is 23.6 Å². The molecule has 0 aromatic heterocycles. The van der Waals surface area contributed by atoms with Crippen molar-refractivity contribution in [3.05, 3.63) is 29.8 Å². The van der Waals surface area contributed by atoms with Crippen molar-refractivity contribution >= 4 is 42.2 Å². The first-order chi connectivity index (χ1) is 14.6. The Hall–Kier alpha value is -3.32. The number of aromatic hydroxyl groups is 1. The van der Waals surface area contributed by atoms with E-state index in [4.69, 9.17) is 11.5 Å². The zero-order chi connectivity index (χ0) is 23.6. The van der Waals surface area contributed by atoms with Gasteiger partial charge >= 0.3 is 5.97 Å². The summed E-state index contributed by atoms with van der Waals surface area (Å²) in [5.74, 6) is -4.83. The molecular formula is C18H25N5O7S. The number of hydrogen-bond donors (Lipinski definition) is 8. The number of amides is 4. The maximum atomic E-state index is 12.6. The van der Waals surface area contributed by atoms with Crippen LogP contribution in [0.4, 0.5) is 0 Å². The fraction of sp³-hybridized carbons (Fsp3) is 0.389. The zero-order valence-corrected chi connectivity index (χ0v) is 17.3. The summed E-state index contributed by atoms with van der Waals surface area (Å²) in [6.07, 6.45) is -0.725. The highest BCUT2D eigenvalue weighted by molar-refractivity contribution is 7.80. The molecule has 0 fully saturated rings. The molecule has 1 aromatic carbocycles. The Morgan fingerprint density at radius 1 is 0.935 bits per heavy atom. The van der Waals surface area contributed by atoms with Crippen LogP contribution < -0.4 is 27.4 Å². The molecule has 0 saturated carbocycles. The van der Waals surface area contributed by atoms with Crippen LogP contribution in [0, 0.1) is 0 Å². The van der Waals surface area contributed by atoms with E-state index in [-0.39, 0.29) is 24.5 Å². The summed E-state index contributed by atoms with van der Waals surface area (Å²) in [7, 11) is 0. The maximum absolute atomic E-state index is 12.6. The Balaban J connectivity index is 2.92. The second-order valence-electron chi connectivity index (χ2n) is 6.51. The molecule has 1 rings (SSSR count). The molecule has 12 nitrogen and oxygen atoms in total. The molecule has 13 heteroatoms. The molecule has 9 N–H and O–H groups in total. The lowest BCUT2D eigenvalue weighted by Gasteiger charge is -2.23. The van der Waals surface area contributed by atoms with Crippen LogP contribution >= 0.6 is 12.6 Å². The van der Waals surface area contributed by atoms with E-state index in [0.29, 0.717) is 5.56 Å². The molecule has 3 unspecified atom stereocenters. The van der Waals surface area contributed by atoms with E-state index in [9.17, 15) is 34.2 Å². The molecule has 0 heterocycles. The molecule has 1 aromatic rings. The van der Waals surface area contributed by atoms with Crippen molar-refractivity contribution in [1.29, 1.82) is 0 Å². The Bertz CT molecular complexity index is 818. The lowest BCUT2D eigenvalue weighted by atomic mass is 10.0. The van der Waals surface area contributed by atoms with Crippen LogP contribution in [-0.4, -0.2) is 70.2 Å². The molecule has 170 valence electrons. The summed E-state index contributed by atoms with van der Waals surface area (Å²) in [5.41, 5.74) is 10.8. The smallest absolute Gasteiger partial charge is 0.326 e. The predicted molar refractivity (Wildman–Crippen MR) is 112 cm³/mol. The first-order valence-electron chi connectivity index (χ1n) is 9.07. The quantitative estimate of drug-likeness (QED) is 0.154. The summed E-state index contributed by atoms with van der Waals surface area (Å²) in [4.78, 5) is 59.3. The second-order valence-corrected chi connectivity index (χ2v) is 6.87. The zero-order valence-electron chi connectivity index (χ0n) is 16.4. The normalized spacial score (nSPS) is 13.4. The van der Waals surface area contributed by atoms with Crippen LogP contribution in [0.1, 0.15) is 12.0 Å². The Kier molecular flexibility index (Phi) is 10.3. The van der Waals surface area contributed by atoms with Crippen LogP contribution in [0.5, 0.6) is 5.75 Å². The molecular weight excluding hydrogens is 430 g/mol. The van der Waals surface area contributed by atoms with Crippen molar-refractivity contribution in [2.45, 2.75) is 31.0 Å². The lowest BCUT2D eigenvalue weighted by Crippen LogP contribution is -2.57. The number of rotatable bonds is 12. The number of benzene rings is 1. The van der Waals surface area contributed by atoms with Crippen molar-refractivity contribution in [1.82, 2.24) is 16.0 Å². The van der Waals surface area contributed by atoms with Gasteiger partial charge in [0.15, 0.2) is 0 Å². The van der Waals surface area contributed by atoms with Crippen molar-refractivity contribution in [3.8, 4) is 5.75 Å². The SMILES string of the molecule is NCC(=O)NC(CS)C(=O)NC(CC(N)=O)C(=O)NC(Cc1ccc(O)cc1)C(=O)O. The largest absolute Gasteiger partial charge is 0.508 e. The fourth-order valence-electron chi connectivity index (χ4n) is 2.47. The molecule has 0 aliphatic heterocycles. The first kappa shape index (κ1) is 25.7. The third-order valence-corrected chi connectivity index (χ3v) is 4.41. The average Bonchev–Trinajstić information content (AvgIpc) is 2.71. The number of aliphatic carboxylic acids is 1. The Morgan fingerprint density at radius 2 is 1.48 bits per heavy atom. The van der Waals surface area contributed by atoms with Gasteiger partial charge in [-0.15, -0.1) is 0 Å². The number of hydrogen-bond acceptors (Lipinski definition) is 8. The summed E-state index contributed by atoms with van der Waals surface area (Å²) in [6.45, 7) is -0.375. The average molecular weight is 455 g/mol. The highest BCUT2D eigenvalue weighted by Gasteiger charge is 2.30. The first-order valence-corrected chi connectivity index (χ1v) is 9.70. The van der Waals surface area contributed by atoms with Gasteiger partial charge in [-0.2, -0.15) is 12.6 Å². The fourth-order valence-corrected chi connectivity index (χ4v) is 2.73. The van der Waals surface area contributed by atoms with E-state index < -0.39 is 54.1 Å². The Morgan fingerprint density at radius 3 is 1.97 bits per heavy atom. The van der Waals surface area contributed by atoms with Gasteiger partial charge in [-0.05, 0) is 17.7 Å². The van der Waals surface area contributed by atoms with Crippen LogP contribution in [0.25, 0.3) is 0 Å². The van der Waals surface area contributed by atoms with Gasteiger partial charge in [0.1, 0.15) is 23.9 Å². The van der Waals surface area contributed by atoms with E-state index in [2.05, 4.69) is 28.6 Å². The Labute approximate surface area is 183 Å². The van der Waals surface area contributed by atoms with E-state index in [1.54, 1.807) is 0 Å². The number of phenolic OH excluding ortho intramolecular Hbond substituents is 1. The van der Waals surface area contributed by atoms with E-state index in [1.807, 2.05) is 0 Å². The van der Waals surface area contributed by atoms with Crippen molar-refractivity contribution < 1.29 is 34.2 Å². The van der Waals surface area contributed by atoms with E-state index in [1.165, 1.54) is 24.3 Å². The molecule has 31 heavy (non-hydrogen) atoms. The standard InChI is InChI=1S/C18H25N5O7S/c19-7-15(26)21-13(8-31)17(28)22-11(6-14(20)25)16(27)23-12(18(29)30)5-9-1-3-10(24)4-2-9/h1-4,11-13,24,31H,5-8,19H2,(H2,20,25)(H,21,26)(H,22,28)(H,23,27)(H,29,30). The number of nitrogens with two attached hydrogens (primary N) is 2. The minimum atomic E-state index is -1.48. The monoisotopic (exact) mass is 455 g/mol. The summed E-state index contributed by atoms with van der Waals surface area (Å²) in [6, 6.07) is 1.68. The topological polar surface area (TPSA) is 214 Å². The number of carbonyl (C=O) groups is 5. The predicted octanol–water partition coefficient (Wildman–Crippen LogP) is -2.76. The van der Waals surface area contributed by atoms with E-state index in [0.717, 1.165) is 0 Å². The summed E-state index contributed by atoms with van der Waals surface area (Å²) < 4.78 is 0. The van der Waals surface area contributed by atoms with Gasteiger partial charge in [-0.1, -0.05) is 12.1 Å². The van der Waals surface area contributed by atoms with Gasteiger partial charge in [0.05, 0.1) is 13.0 Å². The van der Waals surface area contributed by atoms with Gasteiger partial charge in [-0.25, -0.2) is 4.79 Å². The van der Waals surface area contributed by atoms with Crippen LogP contribution in [0.2, 0.25) is 0 Å². The van der Waals surface area contributed by atoms with Crippen molar-refractivity contribution in [3.63, 3.8) is 0 Å². The van der Waals surface area contributed by atoms with E-state index >= 15 is 0 Å². The van der Waals surface area contributed by atoms with Crippen LogP contribution in [-0.2, 0) is 30.4 Å². The third kappa shape index (κ3) is 8.92. The van der Waals surface area contributed by atoms with Crippen molar-refractivity contribution in [2.24, 2.45) is 11.5 Å². The number of nitrogens with one attached hydrogen (secondary N) is 3. The van der Waals surface area contributed by atoms with Crippen molar-refractivity contribution in [2.75, 3.05) is 12.3 Å². The minimum Gasteiger partial charge on any atom is -0.508 e. The number of carboxylic acids is 1. The summed E-state index contributed by atoms with van der Waals surface area (Å²) >= 11 is 3.95. The molecule has 4 amide bonds. The lowest BCUT2D eigenvalue weighted by molar-refractivity contribution is -0.142. The number of thiol groups is 1. The number of carboxylic acid groups (broad SMARTS) is 1. The van der Waals surface area contributed by atoms with Gasteiger partial charge in [-0.3, -0.25) is 19.2 Å². The van der Waals surface area contributed by atoms with Crippen LogP contribution in [0.15, 0.2) is 24.3 Å². The second kappa shape index (κ2) is 12.4. The van der Waals surface area contributed by atoms with Gasteiger partial charge in [0.25, 0.3) is 0 Å².